The van der Waals surface area contributed by atoms with Gasteiger partial charge in [0.1, 0.15) is 5.75 Å². The molecule has 0 spiro atoms. The maximum Gasteiger partial charge on any atom is 0.270 e. The van der Waals surface area contributed by atoms with Gasteiger partial charge in [-0.15, -0.1) is 0 Å². The van der Waals surface area contributed by atoms with Crippen LogP contribution in [0.1, 0.15) is 35.0 Å². The van der Waals surface area contributed by atoms with Gasteiger partial charge in [-0.05, 0) is 31.0 Å². The quantitative estimate of drug-likeness (QED) is 0.686. The van der Waals surface area contributed by atoms with Gasteiger partial charge in [0, 0.05) is 36.5 Å². The first-order valence-electron chi connectivity index (χ1n) is 8.23. The van der Waals surface area contributed by atoms with Crippen molar-refractivity contribution in [2.45, 2.75) is 19.1 Å². The summed E-state index contributed by atoms with van der Waals surface area (Å²) in [4.78, 5) is 25.3. The summed E-state index contributed by atoms with van der Waals surface area (Å²) in [6.45, 7) is 1.78. The Morgan fingerprint density at radius 3 is 2.68 bits per heavy atom. The molecule has 0 saturated carbocycles. The lowest BCUT2D eigenvalue weighted by molar-refractivity contribution is -0.385. The van der Waals surface area contributed by atoms with Crippen LogP contribution in [0.4, 0.5) is 11.4 Å². The molecule has 2 aliphatic rings. The van der Waals surface area contributed by atoms with E-state index in [0.29, 0.717) is 16.9 Å². The maximum atomic E-state index is 12.4. The number of hydrogen-bond acceptors (Lipinski definition) is 5. The number of fused-ring (bicyclic) bond motifs is 1. The lowest BCUT2D eigenvalue weighted by Gasteiger charge is -2.30. The van der Waals surface area contributed by atoms with Crippen molar-refractivity contribution in [2.75, 3.05) is 18.0 Å². The molecule has 1 amide bonds. The topological polar surface area (TPSA) is 84.7 Å². The molecule has 2 heterocycles. The molecule has 0 aromatic heterocycles. The van der Waals surface area contributed by atoms with Crippen molar-refractivity contribution in [3.8, 4) is 5.75 Å². The van der Waals surface area contributed by atoms with Gasteiger partial charge in [0.25, 0.3) is 11.6 Å². The zero-order chi connectivity index (χ0) is 17.4. The van der Waals surface area contributed by atoms with Crippen LogP contribution in [0.25, 0.3) is 0 Å². The molecule has 7 nitrogen and oxygen atoms in total. The molecule has 0 bridgehead atoms. The number of nitro benzene ring substituents is 1. The van der Waals surface area contributed by atoms with E-state index in [1.165, 1.54) is 12.1 Å². The molecule has 7 heteroatoms. The second kappa shape index (κ2) is 6.08. The number of hydrogen-bond donors (Lipinski definition) is 1. The Labute approximate surface area is 144 Å². The smallest absolute Gasteiger partial charge is 0.270 e. The third kappa shape index (κ3) is 2.77. The van der Waals surface area contributed by atoms with Crippen LogP contribution in [0, 0.1) is 10.1 Å². The summed E-state index contributed by atoms with van der Waals surface area (Å²) in [6, 6.07) is 11.7. The van der Waals surface area contributed by atoms with Crippen molar-refractivity contribution in [3.63, 3.8) is 0 Å². The summed E-state index contributed by atoms with van der Waals surface area (Å²) in [6.07, 6.45) is 1.41. The van der Waals surface area contributed by atoms with E-state index >= 15 is 0 Å². The van der Waals surface area contributed by atoms with Gasteiger partial charge < -0.3 is 15.0 Å². The molecule has 1 atom stereocenters. The maximum absolute atomic E-state index is 12.4. The molecule has 1 N–H and O–H groups in total. The zero-order valence-corrected chi connectivity index (χ0v) is 13.5. The van der Waals surface area contributed by atoms with Gasteiger partial charge in [-0.2, -0.15) is 0 Å². The molecule has 0 aliphatic carbocycles. The molecule has 0 unspecified atom stereocenters. The highest BCUT2D eigenvalue weighted by atomic mass is 16.6. The summed E-state index contributed by atoms with van der Waals surface area (Å²) in [5.41, 5.74) is 1.92. The zero-order valence-electron chi connectivity index (χ0n) is 13.5. The molecule has 2 aliphatic heterocycles. The van der Waals surface area contributed by atoms with E-state index in [2.05, 4.69) is 10.2 Å². The lowest BCUT2D eigenvalue weighted by Crippen LogP contribution is -2.37. The number of para-hydroxylation sites is 1. The molecular weight excluding hydrogens is 322 g/mol. The molecule has 2 aromatic carbocycles. The SMILES string of the molecule is O=C1N[C@H](c2cc([N+](=O)[O-])ccc2N2CCCC2)Oc2ccccc21. The Balaban J connectivity index is 1.77. The van der Waals surface area contributed by atoms with E-state index < -0.39 is 11.2 Å². The number of carbonyl (C=O) groups is 1. The van der Waals surface area contributed by atoms with Crippen LogP contribution >= 0.6 is 0 Å². The lowest BCUT2D eigenvalue weighted by atomic mass is 10.1. The predicted octanol–water partition coefficient (Wildman–Crippen LogP) is 3.02. The predicted molar refractivity (Wildman–Crippen MR) is 91.8 cm³/mol. The number of nitrogens with zero attached hydrogens (tertiary/aromatic N) is 2. The van der Waals surface area contributed by atoms with Crippen molar-refractivity contribution in [1.82, 2.24) is 5.32 Å². The molecule has 2 aromatic rings. The molecule has 0 radical (unpaired) electrons. The number of carbonyl (C=O) groups excluding carboxylic acids is 1. The van der Waals surface area contributed by atoms with E-state index in [1.54, 1.807) is 30.3 Å². The van der Waals surface area contributed by atoms with Gasteiger partial charge in [0.2, 0.25) is 6.23 Å². The van der Waals surface area contributed by atoms with Crippen molar-refractivity contribution >= 4 is 17.3 Å². The van der Waals surface area contributed by atoms with Gasteiger partial charge in [0.05, 0.1) is 10.5 Å². The molecule has 4 rings (SSSR count). The fourth-order valence-electron chi connectivity index (χ4n) is 3.36. The van der Waals surface area contributed by atoms with E-state index in [1.807, 2.05) is 0 Å². The summed E-state index contributed by atoms with van der Waals surface area (Å²) in [5, 5.41) is 14.0. The highest BCUT2D eigenvalue weighted by Crippen LogP contribution is 2.36. The van der Waals surface area contributed by atoms with E-state index in [0.717, 1.165) is 31.6 Å². The van der Waals surface area contributed by atoms with Gasteiger partial charge in [-0.3, -0.25) is 14.9 Å². The van der Waals surface area contributed by atoms with Gasteiger partial charge in [-0.1, -0.05) is 12.1 Å². The first kappa shape index (κ1) is 15.4. The highest BCUT2D eigenvalue weighted by Gasteiger charge is 2.31. The number of nitrogens with one attached hydrogen (secondary N) is 1. The van der Waals surface area contributed by atoms with Crippen LogP contribution < -0.4 is 15.0 Å². The Morgan fingerprint density at radius 2 is 1.92 bits per heavy atom. The molecule has 128 valence electrons. The van der Waals surface area contributed by atoms with Crippen LogP contribution in [-0.4, -0.2) is 23.9 Å². The third-order valence-electron chi connectivity index (χ3n) is 4.59. The van der Waals surface area contributed by atoms with Crippen molar-refractivity contribution in [3.05, 3.63) is 63.7 Å². The molecule has 1 fully saturated rings. The number of non-ortho nitro benzene ring substituents is 1. The molecule has 1 saturated heterocycles. The Bertz CT molecular complexity index is 846. The number of nitro groups is 1. The van der Waals surface area contributed by atoms with Crippen LogP contribution in [0.3, 0.4) is 0 Å². The number of benzene rings is 2. The first-order chi connectivity index (χ1) is 12.1. The van der Waals surface area contributed by atoms with Crippen molar-refractivity contribution in [1.29, 1.82) is 0 Å². The monoisotopic (exact) mass is 339 g/mol. The van der Waals surface area contributed by atoms with Gasteiger partial charge >= 0.3 is 0 Å². The molecule has 25 heavy (non-hydrogen) atoms. The van der Waals surface area contributed by atoms with Gasteiger partial charge in [-0.25, -0.2) is 0 Å². The Kier molecular flexibility index (Phi) is 3.76. The summed E-state index contributed by atoms with van der Waals surface area (Å²) >= 11 is 0. The highest BCUT2D eigenvalue weighted by molar-refractivity contribution is 5.98. The molecular formula is C18H17N3O4. The van der Waals surface area contributed by atoms with Crippen LogP contribution in [0.5, 0.6) is 5.75 Å². The van der Waals surface area contributed by atoms with Crippen LogP contribution in [-0.2, 0) is 0 Å². The number of rotatable bonds is 3. The standard InChI is InChI=1S/C18H17N3O4/c22-17-13-5-1-2-6-16(13)25-18(19-17)14-11-12(21(23)24)7-8-15(14)20-9-3-4-10-20/h1-2,5-8,11,18H,3-4,9-10H2,(H,19,22)/t18-/m0/s1. The third-order valence-corrected chi connectivity index (χ3v) is 4.59. The average Bonchev–Trinajstić information content (AvgIpc) is 3.15. The second-order valence-electron chi connectivity index (χ2n) is 6.16. The van der Waals surface area contributed by atoms with E-state index in [4.69, 9.17) is 4.74 Å². The van der Waals surface area contributed by atoms with Crippen LogP contribution in [0.15, 0.2) is 42.5 Å². The number of amides is 1. The second-order valence-corrected chi connectivity index (χ2v) is 6.16. The summed E-state index contributed by atoms with van der Waals surface area (Å²) in [5.74, 6) is 0.237. The minimum absolute atomic E-state index is 0.0188. The first-order valence-corrected chi connectivity index (χ1v) is 8.23. The summed E-state index contributed by atoms with van der Waals surface area (Å²) in [7, 11) is 0. The number of anilines is 1. The average molecular weight is 339 g/mol. The normalized spacial score (nSPS) is 19.1. The van der Waals surface area contributed by atoms with Crippen LogP contribution in [0.2, 0.25) is 0 Å². The summed E-state index contributed by atoms with van der Waals surface area (Å²) < 4.78 is 5.94. The van der Waals surface area contributed by atoms with E-state index in [9.17, 15) is 14.9 Å². The van der Waals surface area contributed by atoms with Crippen molar-refractivity contribution < 1.29 is 14.5 Å². The minimum Gasteiger partial charge on any atom is -0.465 e. The largest absolute Gasteiger partial charge is 0.465 e. The minimum atomic E-state index is -0.752. The fraction of sp³-hybridized carbons (Fsp3) is 0.278. The van der Waals surface area contributed by atoms with Gasteiger partial charge in [0.15, 0.2) is 0 Å². The Morgan fingerprint density at radius 1 is 1.16 bits per heavy atom. The van der Waals surface area contributed by atoms with Crippen molar-refractivity contribution in [2.24, 2.45) is 0 Å². The number of ether oxygens (including phenoxy) is 1. The van der Waals surface area contributed by atoms with E-state index in [-0.39, 0.29) is 11.6 Å². The fourth-order valence-corrected chi connectivity index (χ4v) is 3.36. The Hall–Kier alpha value is -3.09.